The third-order valence-corrected chi connectivity index (χ3v) is 2.81. The SMILES string of the molecule is Cc1nc(-c2ccccc2)c(B(OC(C)C)OC(C)C)o1. The second kappa shape index (κ2) is 6.92. The van der Waals surface area contributed by atoms with Gasteiger partial charge in [-0.15, -0.1) is 0 Å². The highest BCUT2D eigenvalue weighted by molar-refractivity contribution is 6.61. The van der Waals surface area contributed by atoms with Crippen LogP contribution in [0.5, 0.6) is 0 Å². The van der Waals surface area contributed by atoms with Crippen molar-refractivity contribution in [1.29, 1.82) is 0 Å². The van der Waals surface area contributed by atoms with Crippen LogP contribution in [-0.2, 0) is 9.31 Å². The molecule has 0 aliphatic heterocycles. The number of hydrogen-bond acceptors (Lipinski definition) is 4. The third-order valence-electron chi connectivity index (χ3n) is 2.81. The van der Waals surface area contributed by atoms with Gasteiger partial charge in [0, 0.05) is 24.7 Å². The summed E-state index contributed by atoms with van der Waals surface area (Å²) >= 11 is 0. The maximum atomic E-state index is 5.87. The Morgan fingerprint density at radius 3 is 2.10 bits per heavy atom. The molecule has 0 saturated carbocycles. The van der Waals surface area contributed by atoms with Gasteiger partial charge in [0.15, 0.2) is 11.6 Å². The van der Waals surface area contributed by atoms with Gasteiger partial charge >= 0.3 is 7.12 Å². The van der Waals surface area contributed by atoms with E-state index in [0.29, 0.717) is 11.6 Å². The number of aryl methyl sites for hydroxylation is 1. The van der Waals surface area contributed by atoms with Gasteiger partial charge in [-0.25, -0.2) is 4.98 Å². The standard InChI is InChI=1S/C16H22BNO3/c1-11(2)20-17(21-12(3)4)16-15(18-13(5)19-16)14-9-7-6-8-10-14/h6-12H,1-5H3. The predicted molar refractivity (Wildman–Crippen MR) is 84.5 cm³/mol. The molecule has 2 aromatic rings. The largest absolute Gasteiger partial charge is 0.534 e. The topological polar surface area (TPSA) is 44.5 Å². The van der Waals surface area contributed by atoms with Crippen molar-refractivity contribution in [3.63, 3.8) is 0 Å². The van der Waals surface area contributed by atoms with E-state index in [2.05, 4.69) is 4.98 Å². The third kappa shape index (κ3) is 4.19. The van der Waals surface area contributed by atoms with Crippen molar-refractivity contribution in [3.8, 4) is 11.3 Å². The van der Waals surface area contributed by atoms with Gasteiger partial charge in [0.1, 0.15) is 5.69 Å². The minimum Gasteiger partial charge on any atom is -0.449 e. The van der Waals surface area contributed by atoms with Crippen molar-refractivity contribution in [2.24, 2.45) is 0 Å². The lowest BCUT2D eigenvalue weighted by molar-refractivity contribution is 0.136. The maximum Gasteiger partial charge on any atom is 0.534 e. The molecule has 5 heteroatoms. The van der Waals surface area contributed by atoms with Crippen LogP contribution in [0.3, 0.4) is 0 Å². The van der Waals surface area contributed by atoms with Crippen LogP contribution >= 0.6 is 0 Å². The summed E-state index contributed by atoms with van der Waals surface area (Å²) in [6.45, 7) is 9.73. The van der Waals surface area contributed by atoms with Crippen molar-refractivity contribution >= 4 is 12.8 Å². The molecule has 0 N–H and O–H groups in total. The van der Waals surface area contributed by atoms with Gasteiger partial charge in [-0.05, 0) is 27.7 Å². The molecule has 0 fully saturated rings. The quantitative estimate of drug-likeness (QED) is 0.765. The zero-order valence-electron chi connectivity index (χ0n) is 13.3. The van der Waals surface area contributed by atoms with Gasteiger partial charge in [0.2, 0.25) is 0 Å². The van der Waals surface area contributed by atoms with Crippen LogP contribution in [0.25, 0.3) is 11.3 Å². The summed E-state index contributed by atoms with van der Waals surface area (Å²) in [5, 5.41) is 0. The Balaban J connectivity index is 2.40. The number of oxazole rings is 1. The summed E-state index contributed by atoms with van der Waals surface area (Å²) in [7, 11) is -0.554. The van der Waals surface area contributed by atoms with Crippen LogP contribution in [-0.4, -0.2) is 24.3 Å². The lowest BCUT2D eigenvalue weighted by Gasteiger charge is -2.18. The molecule has 0 unspecified atom stereocenters. The first-order chi connectivity index (χ1) is 9.97. The highest BCUT2D eigenvalue weighted by atomic mass is 16.6. The molecular weight excluding hydrogens is 265 g/mol. The first-order valence-electron chi connectivity index (χ1n) is 7.31. The fraction of sp³-hybridized carbons (Fsp3) is 0.438. The van der Waals surface area contributed by atoms with Crippen LogP contribution in [0, 0.1) is 6.92 Å². The van der Waals surface area contributed by atoms with E-state index >= 15 is 0 Å². The Kier molecular flexibility index (Phi) is 5.20. The van der Waals surface area contributed by atoms with Crippen molar-refractivity contribution in [2.75, 3.05) is 0 Å². The van der Waals surface area contributed by atoms with Gasteiger partial charge in [0.25, 0.3) is 0 Å². The summed E-state index contributed by atoms with van der Waals surface area (Å²) in [5.41, 5.74) is 2.40. The molecule has 112 valence electrons. The first-order valence-corrected chi connectivity index (χ1v) is 7.31. The van der Waals surface area contributed by atoms with Gasteiger partial charge in [0.05, 0.1) is 0 Å². The van der Waals surface area contributed by atoms with E-state index < -0.39 is 7.12 Å². The van der Waals surface area contributed by atoms with Gasteiger partial charge in [-0.3, -0.25) is 0 Å². The van der Waals surface area contributed by atoms with E-state index in [-0.39, 0.29) is 12.2 Å². The molecule has 1 aromatic heterocycles. The highest BCUT2D eigenvalue weighted by Gasteiger charge is 2.32. The molecule has 1 heterocycles. The summed E-state index contributed by atoms with van der Waals surface area (Å²) in [6.07, 6.45) is 0.0607. The summed E-state index contributed by atoms with van der Waals surface area (Å²) in [5.74, 6) is 0.605. The van der Waals surface area contributed by atoms with Gasteiger partial charge in [-0.2, -0.15) is 0 Å². The Morgan fingerprint density at radius 1 is 1.00 bits per heavy atom. The number of nitrogens with zero attached hydrogens (tertiary/aromatic N) is 1. The molecule has 4 nitrogen and oxygen atoms in total. The molecule has 0 spiro atoms. The average Bonchev–Trinajstić information content (AvgIpc) is 2.80. The van der Waals surface area contributed by atoms with Crippen molar-refractivity contribution in [2.45, 2.75) is 46.8 Å². The molecule has 1 aromatic carbocycles. The van der Waals surface area contributed by atoms with E-state index in [1.807, 2.05) is 65.0 Å². The number of rotatable bonds is 6. The Hall–Kier alpha value is -1.59. The minimum atomic E-state index is -0.554. The molecule has 0 amide bonds. The number of aromatic nitrogens is 1. The molecule has 0 aliphatic carbocycles. The predicted octanol–water partition coefficient (Wildman–Crippen LogP) is 3.20. The van der Waals surface area contributed by atoms with Crippen molar-refractivity contribution in [3.05, 3.63) is 36.2 Å². The molecule has 21 heavy (non-hydrogen) atoms. The molecule has 2 rings (SSSR count). The van der Waals surface area contributed by atoms with E-state index in [1.54, 1.807) is 0 Å². The lowest BCUT2D eigenvalue weighted by Crippen LogP contribution is -2.41. The smallest absolute Gasteiger partial charge is 0.449 e. The normalized spacial score (nSPS) is 11.4. The number of benzene rings is 1. The van der Waals surface area contributed by atoms with Gasteiger partial charge in [-0.1, -0.05) is 30.3 Å². The zero-order valence-corrected chi connectivity index (χ0v) is 13.3. The number of hydrogen-bond donors (Lipinski definition) is 0. The highest BCUT2D eigenvalue weighted by Crippen LogP contribution is 2.18. The van der Waals surface area contributed by atoms with E-state index in [9.17, 15) is 0 Å². The molecule has 0 saturated heterocycles. The molecule has 0 bridgehead atoms. The van der Waals surface area contributed by atoms with Crippen LogP contribution in [0.2, 0.25) is 0 Å². The van der Waals surface area contributed by atoms with Gasteiger partial charge < -0.3 is 13.7 Å². The maximum absolute atomic E-state index is 5.87. The summed E-state index contributed by atoms with van der Waals surface area (Å²) < 4.78 is 17.5. The first kappa shape index (κ1) is 15.8. The average molecular weight is 287 g/mol. The monoisotopic (exact) mass is 287 g/mol. The van der Waals surface area contributed by atoms with Crippen LogP contribution in [0.15, 0.2) is 34.7 Å². The Morgan fingerprint density at radius 2 is 1.57 bits per heavy atom. The molecule has 0 atom stereocenters. The van der Waals surface area contributed by atoms with Crippen LogP contribution < -0.4 is 5.66 Å². The van der Waals surface area contributed by atoms with E-state index in [0.717, 1.165) is 11.3 Å². The fourth-order valence-electron chi connectivity index (χ4n) is 2.06. The Labute approximate surface area is 126 Å². The molecule has 0 radical (unpaired) electrons. The minimum absolute atomic E-state index is 0.0304. The second-order valence-corrected chi connectivity index (χ2v) is 5.51. The second-order valence-electron chi connectivity index (χ2n) is 5.51. The van der Waals surface area contributed by atoms with Crippen molar-refractivity contribution in [1.82, 2.24) is 4.98 Å². The van der Waals surface area contributed by atoms with E-state index in [4.69, 9.17) is 13.7 Å². The van der Waals surface area contributed by atoms with Crippen LogP contribution in [0.4, 0.5) is 0 Å². The van der Waals surface area contributed by atoms with Crippen LogP contribution in [0.1, 0.15) is 33.6 Å². The van der Waals surface area contributed by atoms with Crippen molar-refractivity contribution < 1.29 is 13.7 Å². The lowest BCUT2D eigenvalue weighted by atomic mass is 9.82. The summed E-state index contributed by atoms with van der Waals surface area (Å²) in [4.78, 5) is 4.49. The Bertz CT molecular complexity index is 556. The fourth-order valence-corrected chi connectivity index (χ4v) is 2.06. The molecular formula is C16H22BNO3. The zero-order chi connectivity index (χ0) is 15.4. The molecule has 0 aliphatic rings. The summed E-state index contributed by atoms with van der Waals surface area (Å²) in [6, 6.07) is 9.93. The van der Waals surface area contributed by atoms with E-state index in [1.165, 1.54) is 0 Å².